The zero-order chi connectivity index (χ0) is 32.4. The minimum absolute atomic E-state index is 0.0390. The van der Waals surface area contributed by atoms with Crippen LogP contribution < -0.4 is 0 Å². The molecule has 1 fully saturated rings. The molecule has 3 rings (SSSR count). The molecule has 1 N–H and O–H groups in total. The van der Waals surface area contributed by atoms with E-state index in [0.717, 1.165) is 22.3 Å². The van der Waals surface area contributed by atoms with Crippen LogP contribution in [0, 0.1) is 47.5 Å². The highest BCUT2D eigenvalue weighted by molar-refractivity contribution is 7.85. The summed E-state index contributed by atoms with van der Waals surface area (Å²) in [5.41, 5.74) is 5.14. The van der Waals surface area contributed by atoms with Gasteiger partial charge in [-0.25, -0.2) is 9.59 Å². The summed E-state index contributed by atoms with van der Waals surface area (Å²) in [7, 11) is -5.16. The van der Waals surface area contributed by atoms with Gasteiger partial charge in [-0.2, -0.15) is 21.6 Å². The minimum Gasteiger partial charge on any atom is -0.459 e. The second-order valence-electron chi connectivity index (χ2n) is 11.2. The Kier molecular flexibility index (Phi) is 10.3. The molecular formula is C30H35F3O9S. The van der Waals surface area contributed by atoms with E-state index < -0.39 is 64.2 Å². The molecule has 2 aromatic carbocycles. The lowest BCUT2D eigenvalue weighted by Crippen LogP contribution is -2.44. The van der Waals surface area contributed by atoms with Crippen molar-refractivity contribution < 1.29 is 54.7 Å². The van der Waals surface area contributed by atoms with Gasteiger partial charge >= 0.3 is 24.1 Å². The summed E-state index contributed by atoms with van der Waals surface area (Å²) in [6, 6.07) is 7.02. The topological polar surface area (TPSA) is 133 Å². The van der Waals surface area contributed by atoms with Gasteiger partial charge in [0, 0.05) is 6.42 Å². The van der Waals surface area contributed by atoms with Gasteiger partial charge in [0.2, 0.25) is 6.10 Å². The summed E-state index contributed by atoms with van der Waals surface area (Å²) in [6.45, 7) is 10.7. The minimum atomic E-state index is -5.29. The number of alkyl halides is 3. The molecule has 236 valence electrons. The van der Waals surface area contributed by atoms with Crippen LogP contribution in [-0.4, -0.2) is 61.1 Å². The average Bonchev–Trinajstić information content (AvgIpc) is 2.86. The Morgan fingerprint density at radius 1 is 0.814 bits per heavy atom. The lowest BCUT2D eigenvalue weighted by molar-refractivity contribution is -0.219. The van der Waals surface area contributed by atoms with Crippen molar-refractivity contribution in [1.82, 2.24) is 0 Å². The van der Waals surface area contributed by atoms with Crippen LogP contribution in [0.4, 0.5) is 13.2 Å². The summed E-state index contributed by atoms with van der Waals surface area (Å²) in [5, 5.41) is 0. The van der Waals surface area contributed by atoms with Crippen LogP contribution in [0.15, 0.2) is 24.3 Å². The van der Waals surface area contributed by atoms with Gasteiger partial charge in [0.1, 0.15) is 18.0 Å². The maximum absolute atomic E-state index is 13.5. The third kappa shape index (κ3) is 9.02. The zero-order valence-corrected chi connectivity index (χ0v) is 25.5. The van der Waals surface area contributed by atoms with Crippen molar-refractivity contribution in [3.63, 3.8) is 0 Å². The van der Waals surface area contributed by atoms with E-state index in [-0.39, 0.29) is 30.4 Å². The first-order valence-electron chi connectivity index (χ1n) is 13.5. The van der Waals surface area contributed by atoms with E-state index in [1.54, 1.807) is 39.8 Å². The summed E-state index contributed by atoms with van der Waals surface area (Å²) in [4.78, 5) is 39.3. The fraction of sp³-hybridized carbons (Fsp3) is 0.500. The maximum atomic E-state index is 13.5. The number of aryl methyl sites for hydroxylation is 4. The highest BCUT2D eigenvalue weighted by Gasteiger charge is 2.47. The summed E-state index contributed by atoms with van der Waals surface area (Å²) < 4.78 is 87.6. The molecule has 0 aliphatic heterocycles. The molecule has 13 heteroatoms. The smallest absolute Gasteiger partial charge is 0.426 e. The van der Waals surface area contributed by atoms with Crippen molar-refractivity contribution in [2.75, 3.05) is 5.75 Å². The van der Waals surface area contributed by atoms with Crippen LogP contribution in [-0.2, 0) is 29.1 Å². The number of ether oxygens (including phenoxy) is 3. The Hall–Kier alpha value is -3.45. The van der Waals surface area contributed by atoms with Crippen LogP contribution in [0.5, 0.6) is 0 Å². The fourth-order valence-electron chi connectivity index (χ4n) is 5.16. The molecule has 3 unspecified atom stereocenters. The molecule has 0 aromatic heterocycles. The van der Waals surface area contributed by atoms with Crippen LogP contribution in [0.3, 0.4) is 0 Å². The lowest BCUT2D eigenvalue weighted by atomic mass is 9.85. The number of carbonyl (C=O) groups excluding carboxylic acids is 3. The molecule has 2 aromatic rings. The number of esters is 3. The predicted molar refractivity (Wildman–Crippen MR) is 149 cm³/mol. The van der Waals surface area contributed by atoms with Crippen molar-refractivity contribution in [2.24, 2.45) is 5.92 Å². The molecule has 9 nitrogen and oxygen atoms in total. The monoisotopic (exact) mass is 628 g/mol. The first kappa shape index (κ1) is 34.0. The first-order valence-corrected chi connectivity index (χ1v) is 15.2. The standard InChI is InChI=1S/C30H35F3O9S/c1-15-7-17(3)19(5)24(9-15)28(35)40-22-11-21(27(34)42-26(30(31,32)33)14-43(37,38)39)12-23(13-22)41-29(36)25-10-16(2)8-18(4)20(25)6/h7-10,21-23,26H,11-14H2,1-6H3,(H,37,38,39). The molecule has 0 bridgehead atoms. The van der Waals surface area contributed by atoms with Gasteiger partial charge in [0.25, 0.3) is 10.1 Å². The molecule has 0 heterocycles. The molecule has 1 aliphatic rings. The molecular weight excluding hydrogens is 593 g/mol. The zero-order valence-electron chi connectivity index (χ0n) is 24.7. The highest BCUT2D eigenvalue weighted by atomic mass is 32.2. The van der Waals surface area contributed by atoms with Gasteiger partial charge in [-0.1, -0.05) is 12.1 Å². The van der Waals surface area contributed by atoms with E-state index in [1.165, 1.54) is 0 Å². The van der Waals surface area contributed by atoms with E-state index in [9.17, 15) is 36.0 Å². The Morgan fingerprint density at radius 2 is 1.23 bits per heavy atom. The van der Waals surface area contributed by atoms with Gasteiger partial charge in [-0.3, -0.25) is 9.35 Å². The van der Waals surface area contributed by atoms with Gasteiger partial charge in [0.15, 0.2) is 0 Å². The van der Waals surface area contributed by atoms with E-state index in [2.05, 4.69) is 4.74 Å². The van der Waals surface area contributed by atoms with E-state index in [0.29, 0.717) is 11.1 Å². The van der Waals surface area contributed by atoms with Crippen molar-refractivity contribution in [2.45, 2.75) is 85.3 Å². The summed E-state index contributed by atoms with van der Waals surface area (Å²) >= 11 is 0. The SMILES string of the molecule is Cc1cc(C)c(C)c(C(=O)OC2CC(OC(=O)c3cc(C)cc(C)c3C)CC(C(=O)OC(CS(=O)(=O)O)C(F)(F)F)C2)c1. The predicted octanol–water partition coefficient (Wildman–Crippen LogP) is 5.45. The number of halogens is 3. The van der Waals surface area contributed by atoms with Gasteiger partial charge in [-0.15, -0.1) is 0 Å². The second-order valence-corrected chi connectivity index (χ2v) is 12.7. The quantitative estimate of drug-likeness (QED) is 0.230. The van der Waals surface area contributed by atoms with Crippen molar-refractivity contribution >= 4 is 28.0 Å². The van der Waals surface area contributed by atoms with Gasteiger partial charge < -0.3 is 14.2 Å². The number of hydrogen-bond donors (Lipinski definition) is 1. The number of benzene rings is 2. The summed E-state index contributed by atoms with van der Waals surface area (Å²) in [5.74, 6) is -6.12. The third-order valence-electron chi connectivity index (χ3n) is 7.55. The molecule has 1 aliphatic carbocycles. The normalized spacial score (nSPS) is 19.8. The van der Waals surface area contributed by atoms with Crippen LogP contribution in [0.1, 0.15) is 73.4 Å². The van der Waals surface area contributed by atoms with Crippen LogP contribution >= 0.6 is 0 Å². The molecule has 0 amide bonds. The molecule has 1 saturated carbocycles. The third-order valence-corrected chi connectivity index (χ3v) is 8.27. The Morgan fingerprint density at radius 3 is 1.60 bits per heavy atom. The molecule has 0 radical (unpaired) electrons. The largest absolute Gasteiger partial charge is 0.459 e. The highest BCUT2D eigenvalue weighted by Crippen LogP contribution is 2.34. The van der Waals surface area contributed by atoms with Gasteiger partial charge in [-0.05, 0) is 99.9 Å². The summed E-state index contributed by atoms with van der Waals surface area (Å²) in [6.07, 6.45) is -11.1. The molecule has 0 saturated heterocycles. The van der Waals surface area contributed by atoms with Crippen LogP contribution in [0.2, 0.25) is 0 Å². The first-order chi connectivity index (χ1) is 19.7. The van der Waals surface area contributed by atoms with Crippen molar-refractivity contribution in [1.29, 1.82) is 0 Å². The lowest BCUT2D eigenvalue weighted by Gasteiger charge is -2.34. The number of rotatable bonds is 8. The van der Waals surface area contributed by atoms with Crippen LogP contribution in [0.25, 0.3) is 0 Å². The Labute approximate surface area is 248 Å². The fourth-order valence-corrected chi connectivity index (χ4v) is 5.80. The Bertz CT molecular complexity index is 1440. The van der Waals surface area contributed by atoms with E-state index in [1.807, 2.05) is 26.0 Å². The van der Waals surface area contributed by atoms with Gasteiger partial charge in [0.05, 0.1) is 17.0 Å². The second kappa shape index (κ2) is 13.0. The van der Waals surface area contributed by atoms with E-state index in [4.69, 9.17) is 14.0 Å². The van der Waals surface area contributed by atoms with Crippen molar-refractivity contribution in [3.05, 3.63) is 68.8 Å². The maximum Gasteiger partial charge on any atom is 0.426 e. The average molecular weight is 629 g/mol. The molecule has 3 atom stereocenters. The van der Waals surface area contributed by atoms with E-state index >= 15 is 0 Å². The van der Waals surface area contributed by atoms with Crippen molar-refractivity contribution in [3.8, 4) is 0 Å². The molecule has 43 heavy (non-hydrogen) atoms. The number of hydrogen-bond acceptors (Lipinski definition) is 8. The molecule has 0 spiro atoms. The number of carbonyl (C=O) groups is 3. The Balaban J connectivity index is 1.89.